The molecular weight excluding hydrogens is 676 g/mol. The quantitative estimate of drug-likeness (QED) is 0.153. The topological polar surface area (TPSA) is 167 Å². The van der Waals surface area contributed by atoms with Crippen LogP contribution < -0.4 is 11.5 Å². The Morgan fingerprint density at radius 2 is 1.07 bits per heavy atom. The molecule has 0 aromatic heterocycles. The molecule has 0 saturated heterocycles. The van der Waals surface area contributed by atoms with Crippen molar-refractivity contribution in [1.82, 2.24) is 0 Å². The van der Waals surface area contributed by atoms with Crippen molar-refractivity contribution in [3.63, 3.8) is 0 Å². The zero-order valence-electron chi connectivity index (χ0n) is 24.9. The third-order valence-corrected chi connectivity index (χ3v) is 10.9. The summed E-state index contributed by atoms with van der Waals surface area (Å²) in [5.41, 5.74) is 6.93. The van der Waals surface area contributed by atoms with Crippen molar-refractivity contribution in [2.24, 2.45) is 16.5 Å². The molecule has 252 valence electrons. The van der Waals surface area contributed by atoms with E-state index in [0.717, 1.165) is 12.1 Å². The lowest BCUT2D eigenvalue weighted by molar-refractivity contribution is -0.140. The second kappa shape index (κ2) is 14.5. The van der Waals surface area contributed by atoms with E-state index in [1.165, 1.54) is 27.7 Å². The standard InChI is InChI=1S/C14H18F3N3O3S.C13H14ClF3O3S/c1-4-8-5-11(24(22,23)7(2)3)10(14(15,16)17)6-9(8)12(21)20-13(18)19;1-4-8-5-11(21(19,20)7(2)3)10(13(15,16)17)6-9(8)12(14)18/h5-7H,4H2,1-3H3,(H4,18,19,20,21);5-7H,4H2,1-3H3. The minimum absolute atomic E-state index is 0.109. The van der Waals surface area contributed by atoms with Gasteiger partial charge in [0.25, 0.3) is 11.1 Å². The van der Waals surface area contributed by atoms with Gasteiger partial charge in [-0.3, -0.25) is 9.59 Å². The summed E-state index contributed by atoms with van der Waals surface area (Å²) in [6.07, 6.45) is -9.55. The molecule has 0 aliphatic carbocycles. The van der Waals surface area contributed by atoms with E-state index < -0.39 is 80.6 Å². The Kier molecular flexibility index (Phi) is 12.8. The second-order valence-corrected chi connectivity index (χ2v) is 15.3. The summed E-state index contributed by atoms with van der Waals surface area (Å²) in [6.45, 7) is 8.31. The first-order valence-corrected chi connectivity index (χ1v) is 16.5. The van der Waals surface area contributed by atoms with Crippen LogP contribution in [0.15, 0.2) is 39.0 Å². The van der Waals surface area contributed by atoms with Crippen molar-refractivity contribution < 1.29 is 52.8 Å². The molecule has 0 unspecified atom stereocenters. The third kappa shape index (κ3) is 9.42. The highest BCUT2D eigenvalue weighted by molar-refractivity contribution is 7.92. The first kappa shape index (κ1) is 39.8. The fourth-order valence-electron chi connectivity index (χ4n) is 3.81. The number of carbonyl (C=O) groups excluding carboxylic acids is 2. The van der Waals surface area contributed by atoms with E-state index in [1.807, 2.05) is 0 Å². The van der Waals surface area contributed by atoms with Crippen LogP contribution >= 0.6 is 11.6 Å². The normalized spacial score (nSPS) is 12.5. The number of sulfone groups is 2. The lowest BCUT2D eigenvalue weighted by Gasteiger charge is -2.18. The van der Waals surface area contributed by atoms with E-state index in [9.17, 15) is 52.8 Å². The van der Waals surface area contributed by atoms with E-state index in [2.05, 4.69) is 4.99 Å². The third-order valence-electron chi connectivity index (χ3n) is 6.31. The molecule has 18 heteroatoms. The van der Waals surface area contributed by atoms with Crippen LogP contribution in [-0.2, 0) is 44.9 Å². The van der Waals surface area contributed by atoms with Gasteiger partial charge in [0.2, 0.25) is 0 Å². The van der Waals surface area contributed by atoms with E-state index in [-0.39, 0.29) is 35.1 Å². The maximum Gasteiger partial charge on any atom is 0.417 e. The summed E-state index contributed by atoms with van der Waals surface area (Å²) < 4.78 is 128. The van der Waals surface area contributed by atoms with Gasteiger partial charge in [-0.05, 0) is 87.5 Å². The number of hydrogen-bond acceptors (Lipinski definition) is 6. The Labute approximate surface area is 261 Å². The number of amides is 1. The number of alkyl halides is 6. The smallest absolute Gasteiger partial charge is 0.370 e. The minimum Gasteiger partial charge on any atom is -0.370 e. The molecule has 0 aliphatic heterocycles. The van der Waals surface area contributed by atoms with E-state index >= 15 is 0 Å². The summed E-state index contributed by atoms with van der Waals surface area (Å²) in [5.74, 6) is -1.67. The van der Waals surface area contributed by atoms with Crippen molar-refractivity contribution in [2.75, 3.05) is 0 Å². The number of nitrogens with two attached hydrogens (primary N) is 2. The molecule has 45 heavy (non-hydrogen) atoms. The van der Waals surface area contributed by atoms with Gasteiger partial charge in [0, 0.05) is 11.1 Å². The molecule has 0 fully saturated rings. The van der Waals surface area contributed by atoms with Gasteiger partial charge in [-0.2, -0.15) is 31.3 Å². The summed E-state index contributed by atoms with van der Waals surface area (Å²) >= 11 is 5.28. The highest BCUT2D eigenvalue weighted by Gasteiger charge is 2.40. The zero-order chi connectivity index (χ0) is 35.5. The van der Waals surface area contributed by atoms with Crippen molar-refractivity contribution in [3.8, 4) is 0 Å². The average Bonchev–Trinajstić information content (AvgIpc) is 2.89. The molecule has 0 spiro atoms. The highest BCUT2D eigenvalue weighted by atomic mass is 35.5. The van der Waals surface area contributed by atoms with E-state index in [4.69, 9.17) is 23.1 Å². The molecule has 0 aliphatic rings. The van der Waals surface area contributed by atoms with Crippen LogP contribution in [0.5, 0.6) is 0 Å². The minimum atomic E-state index is -4.96. The van der Waals surface area contributed by atoms with Gasteiger partial charge in [0.15, 0.2) is 25.6 Å². The number of benzene rings is 2. The monoisotopic (exact) mass is 707 g/mol. The lowest BCUT2D eigenvalue weighted by Crippen LogP contribution is -2.25. The maximum atomic E-state index is 13.3. The molecule has 1 amide bonds. The molecule has 0 radical (unpaired) electrons. The fourth-order valence-corrected chi connectivity index (χ4v) is 6.58. The molecule has 2 aromatic carbocycles. The summed E-state index contributed by atoms with van der Waals surface area (Å²) in [5, 5.41) is -3.12. The predicted molar refractivity (Wildman–Crippen MR) is 157 cm³/mol. The Morgan fingerprint density at radius 1 is 0.733 bits per heavy atom. The first-order chi connectivity index (χ1) is 20.2. The number of hydrogen-bond donors (Lipinski definition) is 2. The van der Waals surface area contributed by atoms with Crippen LogP contribution in [0.4, 0.5) is 26.3 Å². The van der Waals surface area contributed by atoms with Crippen molar-refractivity contribution in [2.45, 2.75) is 87.0 Å². The van der Waals surface area contributed by atoms with Gasteiger partial charge >= 0.3 is 12.4 Å². The van der Waals surface area contributed by atoms with Gasteiger partial charge in [-0.15, -0.1) is 0 Å². The van der Waals surface area contributed by atoms with Crippen molar-refractivity contribution in [1.29, 1.82) is 0 Å². The van der Waals surface area contributed by atoms with E-state index in [0.29, 0.717) is 12.1 Å². The molecule has 4 N–H and O–H groups in total. The number of halogens is 7. The highest BCUT2D eigenvalue weighted by Crippen LogP contribution is 2.39. The van der Waals surface area contributed by atoms with Crippen LogP contribution in [0, 0.1) is 0 Å². The molecule has 9 nitrogen and oxygen atoms in total. The first-order valence-electron chi connectivity index (χ1n) is 13.0. The van der Waals surface area contributed by atoms with Crippen molar-refractivity contribution >= 4 is 48.4 Å². The van der Waals surface area contributed by atoms with Crippen LogP contribution in [0.3, 0.4) is 0 Å². The number of rotatable bonds is 8. The molecule has 0 saturated carbocycles. The molecule has 2 rings (SSSR count). The largest absolute Gasteiger partial charge is 0.417 e. The SMILES string of the molecule is CCc1cc(S(=O)(=O)C(C)C)c(C(F)(F)F)cc1C(=O)Cl.CCc1cc(S(=O)(=O)C(C)C)c(C(F)(F)F)cc1C(=O)N=C(N)N. The molecule has 0 bridgehead atoms. The summed E-state index contributed by atoms with van der Waals surface area (Å²) in [4.78, 5) is 24.7. The van der Waals surface area contributed by atoms with Crippen LogP contribution in [0.1, 0.15) is 84.5 Å². The molecule has 0 heterocycles. The number of carbonyl (C=O) groups is 2. The van der Waals surface area contributed by atoms with Crippen LogP contribution in [0.25, 0.3) is 0 Å². The molecule has 0 atom stereocenters. The van der Waals surface area contributed by atoms with Gasteiger partial charge in [-0.25, -0.2) is 16.8 Å². The van der Waals surface area contributed by atoms with Crippen molar-refractivity contribution in [3.05, 3.63) is 57.6 Å². The zero-order valence-corrected chi connectivity index (χ0v) is 27.3. The average molecular weight is 708 g/mol. The molecule has 2 aromatic rings. The van der Waals surface area contributed by atoms with Crippen LogP contribution in [-0.4, -0.2) is 44.4 Å². The van der Waals surface area contributed by atoms with Gasteiger partial charge < -0.3 is 11.5 Å². The van der Waals surface area contributed by atoms with Gasteiger partial charge in [-0.1, -0.05) is 13.8 Å². The Bertz CT molecular complexity index is 1700. The Morgan fingerprint density at radius 3 is 1.33 bits per heavy atom. The van der Waals surface area contributed by atoms with Gasteiger partial charge in [0.05, 0.1) is 31.4 Å². The lowest BCUT2D eigenvalue weighted by atomic mass is 10.0. The van der Waals surface area contributed by atoms with E-state index in [1.54, 1.807) is 13.8 Å². The summed E-state index contributed by atoms with van der Waals surface area (Å²) in [7, 11) is -8.35. The van der Waals surface area contributed by atoms with Gasteiger partial charge in [0.1, 0.15) is 0 Å². The number of nitrogens with zero attached hydrogens (tertiary/aromatic N) is 1. The number of aryl methyl sites for hydroxylation is 2. The fraction of sp³-hybridized carbons (Fsp3) is 0.444. The summed E-state index contributed by atoms with van der Waals surface area (Å²) in [6, 6.07) is 2.77. The number of aliphatic imine (C=N–C) groups is 1. The predicted octanol–water partition coefficient (Wildman–Crippen LogP) is 5.69. The Balaban J connectivity index is 0.000000454. The number of guanidine groups is 1. The van der Waals surface area contributed by atoms with Crippen LogP contribution in [0.2, 0.25) is 0 Å². The Hall–Kier alpha value is -3.18. The second-order valence-electron chi connectivity index (χ2n) is 10.0. The molecular formula is C27H32ClF6N3O6S2. The maximum absolute atomic E-state index is 13.3.